The summed E-state index contributed by atoms with van der Waals surface area (Å²) < 4.78 is 0. The Hall–Kier alpha value is -0.0800. The number of aliphatic hydroxyl groups excluding tert-OH is 1. The first-order chi connectivity index (χ1) is 11.8. The summed E-state index contributed by atoms with van der Waals surface area (Å²) in [5, 5.41) is 10.2. The standard InChI is InChI=1S/C23H41NO/c1-15(24(4)5)19-8-9-20-18-7-6-16-14-17(25)10-12-22(16,2)21(18)11-13-23(19,20)3/h15-21,25H,6-14H2,1-5H3. The molecule has 0 aromatic rings. The first-order valence-corrected chi connectivity index (χ1v) is 11.1. The van der Waals surface area contributed by atoms with Gasteiger partial charge in [0.1, 0.15) is 0 Å². The van der Waals surface area contributed by atoms with Crippen molar-refractivity contribution < 1.29 is 5.11 Å². The van der Waals surface area contributed by atoms with Crippen LogP contribution < -0.4 is 0 Å². The van der Waals surface area contributed by atoms with E-state index in [0.717, 1.165) is 42.4 Å². The van der Waals surface area contributed by atoms with Gasteiger partial charge in [-0.3, -0.25) is 0 Å². The van der Waals surface area contributed by atoms with Crippen molar-refractivity contribution in [2.24, 2.45) is 40.4 Å². The fourth-order valence-electron chi connectivity index (χ4n) is 8.43. The molecule has 9 unspecified atom stereocenters. The van der Waals surface area contributed by atoms with Crippen molar-refractivity contribution >= 4 is 0 Å². The molecule has 0 aliphatic heterocycles. The number of hydrogen-bond acceptors (Lipinski definition) is 2. The van der Waals surface area contributed by atoms with Gasteiger partial charge in [0.2, 0.25) is 0 Å². The monoisotopic (exact) mass is 347 g/mol. The van der Waals surface area contributed by atoms with Gasteiger partial charge in [0.05, 0.1) is 6.10 Å². The van der Waals surface area contributed by atoms with Gasteiger partial charge in [0.15, 0.2) is 0 Å². The minimum Gasteiger partial charge on any atom is -0.393 e. The largest absolute Gasteiger partial charge is 0.393 e. The van der Waals surface area contributed by atoms with E-state index >= 15 is 0 Å². The number of nitrogens with zero attached hydrogens (tertiary/aromatic N) is 1. The molecule has 4 saturated carbocycles. The fraction of sp³-hybridized carbons (Fsp3) is 1.00. The molecule has 0 saturated heterocycles. The first-order valence-electron chi connectivity index (χ1n) is 11.1. The van der Waals surface area contributed by atoms with Crippen LogP contribution in [0.1, 0.15) is 78.6 Å². The van der Waals surface area contributed by atoms with Crippen molar-refractivity contribution in [1.82, 2.24) is 4.90 Å². The fourth-order valence-corrected chi connectivity index (χ4v) is 8.43. The van der Waals surface area contributed by atoms with E-state index in [1.807, 2.05) is 0 Å². The number of rotatable bonds is 2. The zero-order chi connectivity index (χ0) is 18.0. The Morgan fingerprint density at radius 3 is 2.28 bits per heavy atom. The molecule has 2 heteroatoms. The highest BCUT2D eigenvalue weighted by Crippen LogP contribution is 2.67. The molecule has 0 amide bonds. The molecule has 4 aliphatic rings. The molecule has 0 spiro atoms. The third-order valence-corrected chi connectivity index (χ3v) is 10.1. The molecule has 0 heterocycles. The quantitative estimate of drug-likeness (QED) is 0.763. The normalized spacial score (nSPS) is 53.9. The second-order valence-electron chi connectivity index (χ2n) is 11.0. The van der Waals surface area contributed by atoms with Crippen molar-refractivity contribution in [3.05, 3.63) is 0 Å². The minimum absolute atomic E-state index is 0.0136. The number of aliphatic hydroxyl groups is 1. The van der Waals surface area contributed by atoms with E-state index in [0.29, 0.717) is 16.9 Å². The van der Waals surface area contributed by atoms with Crippen molar-refractivity contribution in [2.45, 2.75) is 90.7 Å². The van der Waals surface area contributed by atoms with Crippen molar-refractivity contribution in [3.63, 3.8) is 0 Å². The summed E-state index contributed by atoms with van der Waals surface area (Å²) in [6.45, 7) is 7.73. The lowest BCUT2D eigenvalue weighted by atomic mass is 9.44. The van der Waals surface area contributed by atoms with E-state index in [4.69, 9.17) is 0 Å². The third-order valence-electron chi connectivity index (χ3n) is 10.1. The summed E-state index contributed by atoms with van der Waals surface area (Å²) in [5.74, 6) is 4.54. The van der Waals surface area contributed by atoms with Crippen LogP contribution in [-0.2, 0) is 0 Å². The number of hydrogen-bond donors (Lipinski definition) is 1. The van der Waals surface area contributed by atoms with Gasteiger partial charge in [-0.1, -0.05) is 13.8 Å². The zero-order valence-corrected chi connectivity index (χ0v) is 17.3. The molecule has 4 aliphatic carbocycles. The summed E-state index contributed by atoms with van der Waals surface area (Å²) in [6.07, 6.45) is 12.1. The molecule has 0 aromatic heterocycles. The smallest absolute Gasteiger partial charge is 0.0543 e. The highest BCUT2D eigenvalue weighted by Gasteiger charge is 2.60. The zero-order valence-electron chi connectivity index (χ0n) is 17.3. The Morgan fingerprint density at radius 2 is 1.56 bits per heavy atom. The van der Waals surface area contributed by atoms with Crippen LogP contribution >= 0.6 is 0 Å². The molecule has 1 N–H and O–H groups in total. The SMILES string of the molecule is CC(C1CCC2C3CCC4CC(O)CCC4(C)C3CCC21C)N(C)C. The van der Waals surface area contributed by atoms with E-state index < -0.39 is 0 Å². The molecule has 9 atom stereocenters. The minimum atomic E-state index is -0.0136. The van der Waals surface area contributed by atoms with Crippen LogP contribution in [-0.4, -0.2) is 36.2 Å². The van der Waals surface area contributed by atoms with Crippen LogP contribution in [0.3, 0.4) is 0 Å². The summed E-state index contributed by atoms with van der Waals surface area (Å²) >= 11 is 0. The van der Waals surface area contributed by atoms with Crippen LogP contribution in [0.25, 0.3) is 0 Å². The molecule has 4 rings (SSSR count). The van der Waals surface area contributed by atoms with E-state index in [1.54, 1.807) is 0 Å². The predicted octanol–water partition coefficient (Wildman–Crippen LogP) is 4.96. The number of fused-ring (bicyclic) bond motifs is 5. The first kappa shape index (κ1) is 18.3. The molecular formula is C23H41NO. The summed E-state index contributed by atoms with van der Waals surface area (Å²) in [4.78, 5) is 2.46. The Balaban J connectivity index is 1.58. The summed E-state index contributed by atoms with van der Waals surface area (Å²) in [6, 6.07) is 0.711. The molecule has 0 radical (unpaired) electrons. The van der Waals surface area contributed by atoms with E-state index in [-0.39, 0.29) is 6.10 Å². The van der Waals surface area contributed by atoms with Gasteiger partial charge in [-0.25, -0.2) is 0 Å². The van der Waals surface area contributed by atoms with Gasteiger partial charge in [0, 0.05) is 6.04 Å². The average molecular weight is 348 g/mol. The Bertz CT molecular complexity index is 504. The lowest BCUT2D eigenvalue weighted by Crippen LogP contribution is -2.55. The van der Waals surface area contributed by atoms with Gasteiger partial charge < -0.3 is 10.0 Å². The molecule has 0 aromatic carbocycles. The van der Waals surface area contributed by atoms with Crippen molar-refractivity contribution in [3.8, 4) is 0 Å². The lowest BCUT2D eigenvalue weighted by Gasteiger charge is -2.61. The van der Waals surface area contributed by atoms with Crippen LogP contribution in [0.15, 0.2) is 0 Å². The van der Waals surface area contributed by atoms with E-state index in [9.17, 15) is 5.11 Å². The second-order valence-corrected chi connectivity index (χ2v) is 11.0. The maximum absolute atomic E-state index is 10.2. The maximum Gasteiger partial charge on any atom is 0.0543 e. The van der Waals surface area contributed by atoms with Crippen molar-refractivity contribution in [2.75, 3.05) is 14.1 Å². The second kappa shape index (κ2) is 6.23. The van der Waals surface area contributed by atoms with Gasteiger partial charge in [0.25, 0.3) is 0 Å². The van der Waals surface area contributed by atoms with Crippen LogP contribution in [0, 0.1) is 40.4 Å². The Morgan fingerprint density at radius 1 is 0.880 bits per heavy atom. The molecular weight excluding hydrogens is 306 g/mol. The van der Waals surface area contributed by atoms with Gasteiger partial charge >= 0.3 is 0 Å². The van der Waals surface area contributed by atoms with E-state index in [1.165, 1.54) is 44.9 Å². The van der Waals surface area contributed by atoms with E-state index in [2.05, 4.69) is 39.8 Å². The van der Waals surface area contributed by atoms with Gasteiger partial charge in [-0.2, -0.15) is 0 Å². The summed E-state index contributed by atoms with van der Waals surface area (Å²) in [7, 11) is 4.54. The van der Waals surface area contributed by atoms with Gasteiger partial charge in [-0.15, -0.1) is 0 Å². The molecule has 25 heavy (non-hydrogen) atoms. The van der Waals surface area contributed by atoms with Crippen LogP contribution in [0.2, 0.25) is 0 Å². The average Bonchev–Trinajstić information content (AvgIpc) is 2.92. The van der Waals surface area contributed by atoms with Crippen LogP contribution in [0.5, 0.6) is 0 Å². The molecule has 144 valence electrons. The topological polar surface area (TPSA) is 23.5 Å². The summed E-state index contributed by atoms with van der Waals surface area (Å²) in [5.41, 5.74) is 1.09. The van der Waals surface area contributed by atoms with Crippen LogP contribution in [0.4, 0.5) is 0 Å². The lowest BCUT2D eigenvalue weighted by molar-refractivity contribution is -0.129. The Kier molecular flexibility index (Phi) is 4.56. The Labute approximate surface area is 155 Å². The molecule has 0 bridgehead atoms. The molecule has 2 nitrogen and oxygen atoms in total. The predicted molar refractivity (Wildman–Crippen MR) is 104 cm³/mol. The molecule has 4 fully saturated rings. The maximum atomic E-state index is 10.2. The highest BCUT2D eigenvalue weighted by molar-refractivity contribution is 5.10. The third kappa shape index (κ3) is 2.64. The van der Waals surface area contributed by atoms with Crippen molar-refractivity contribution in [1.29, 1.82) is 0 Å². The highest BCUT2D eigenvalue weighted by atomic mass is 16.3. The van der Waals surface area contributed by atoms with Gasteiger partial charge in [-0.05, 0) is 119 Å².